The summed E-state index contributed by atoms with van der Waals surface area (Å²) in [5.74, 6) is -1.17. The largest absolute Gasteiger partial charge is 0.483 e. The second-order valence-electron chi connectivity index (χ2n) is 31.2. The summed E-state index contributed by atoms with van der Waals surface area (Å²) >= 11 is 5.58. The molecular weight excluding hydrogens is 1790 g/mol. The van der Waals surface area contributed by atoms with Gasteiger partial charge in [-0.15, -0.1) is 45.3 Å². The highest BCUT2D eigenvalue weighted by atomic mass is 32.1. The van der Waals surface area contributed by atoms with Gasteiger partial charge in [0.1, 0.15) is 65.6 Å². The molecule has 4 fully saturated rings. The van der Waals surface area contributed by atoms with Crippen molar-refractivity contribution in [3.63, 3.8) is 0 Å². The number of hydrogen-bond acceptors (Lipinski definition) is 30. The lowest BCUT2D eigenvalue weighted by Crippen LogP contribution is -2.24. The number of ether oxygens (including phenoxy) is 2. The summed E-state index contributed by atoms with van der Waals surface area (Å²) in [5, 5.41) is 101. The molecule has 0 aliphatic heterocycles. The van der Waals surface area contributed by atoms with Gasteiger partial charge in [-0.2, -0.15) is 40.8 Å². The minimum Gasteiger partial charge on any atom is -0.483 e. The van der Waals surface area contributed by atoms with Crippen LogP contribution in [-0.4, -0.2) is 214 Å². The molecule has 4 aliphatic rings. The number of rotatable bonds is 24. The Morgan fingerprint density at radius 3 is 0.806 bits per heavy atom. The molecule has 0 spiro atoms. The van der Waals surface area contributed by atoms with E-state index < -0.39 is 0 Å². The van der Waals surface area contributed by atoms with Crippen molar-refractivity contribution in [1.82, 2.24) is 120 Å². The molecule has 16 aromatic heterocycles. The highest BCUT2D eigenvalue weighted by Crippen LogP contribution is 2.40. The fraction of sp³-hybridized carbons (Fsp3) is 0.311. The third kappa shape index (κ3) is 24.4. The van der Waals surface area contributed by atoms with Gasteiger partial charge >= 0.3 is 0 Å². The van der Waals surface area contributed by atoms with Crippen LogP contribution in [0.1, 0.15) is 183 Å². The Balaban J connectivity index is 0.000000133. The van der Waals surface area contributed by atoms with E-state index in [0.29, 0.717) is 103 Å². The number of H-pyrrole nitrogens is 4. The number of anilines is 4. The molecule has 44 heteroatoms. The topological polar surface area (TPSA) is 539 Å². The van der Waals surface area contributed by atoms with Crippen LogP contribution in [0.5, 0.6) is 0 Å². The molecule has 40 nitrogen and oxygen atoms in total. The maximum atomic E-state index is 13.0. The summed E-state index contributed by atoms with van der Waals surface area (Å²) in [7, 11) is 0. The fourth-order valence-corrected chi connectivity index (χ4v) is 18.9. The van der Waals surface area contributed by atoms with Crippen molar-refractivity contribution in [2.45, 2.75) is 165 Å². The van der Waals surface area contributed by atoms with E-state index in [1.165, 1.54) is 45.3 Å². The lowest BCUT2D eigenvalue weighted by Gasteiger charge is -2.28. The summed E-state index contributed by atoms with van der Waals surface area (Å²) in [6.07, 6.45) is 42.6. The predicted molar refractivity (Wildman–Crippen MR) is 503 cm³/mol. The van der Waals surface area contributed by atoms with Crippen LogP contribution < -0.4 is 21.3 Å². The molecule has 12 N–H and O–H groups in total. The van der Waals surface area contributed by atoms with E-state index >= 15 is 0 Å². The molecule has 692 valence electrons. The highest BCUT2D eigenvalue weighted by molar-refractivity contribution is 7.14. The number of amides is 4. The number of carbonyl (C=O) groups is 6. The summed E-state index contributed by atoms with van der Waals surface area (Å²) in [4.78, 5) is 104. The zero-order valence-corrected chi connectivity index (χ0v) is 75.9. The average molecular weight is 1890 g/mol. The SMILES string of the molecule is CCOC1CCC(n2cc(NC(=O)c3csc(-c4cn[nH]c4)n3)c(-c3ccccn3)n2)CC1.CCOC1CCC(n2cc(NC(=O)c3csc(-c4cn[nH]c4)n3)c(-c3ccccn3)n2)CC1.O=C(Nc1cn(C2CCC(O)CC2)nc1-c1ccccn1)c1csc(-c2cn[nH]c2)n1.O=C(Nc1cn(C2CCC(O)CC2)nc1-c1ccccn1)c1csc(-c2cn[nH]c2)n1.O=CO.O=CO. The van der Waals surface area contributed by atoms with Crippen molar-refractivity contribution in [2.24, 2.45) is 0 Å². The molecule has 4 aliphatic carbocycles. The Morgan fingerprint density at radius 2 is 0.604 bits per heavy atom. The van der Waals surface area contributed by atoms with E-state index in [2.05, 4.69) is 102 Å². The number of thiazole rings is 4. The summed E-state index contributed by atoms with van der Waals surface area (Å²) < 4.78 is 19.3. The molecule has 16 aromatic rings. The monoisotopic (exact) mass is 1890 g/mol. The summed E-state index contributed by atoms with van der Waals surface area (Å²) in [6.45, 7) is 5.06. The Kier molecular flexibility index (Phi) is 32.7. The Morgan fingerprint density at radius 1 is 0.373 bits per heavy atom. The number of pyridine rings is 4. The lowest BCUT2D eigenvalue weighted by molar-refractivity contribution is -0.123. The molecule has 0 aromatic carbocycles. The van der Waals surface area contributed by atoms with Crippen LogP contribution in [0.3, 0.4) is 0 Å². The van der Waals surface area contributed by atoms with Crippen LogP contribution in [0.2, 0.25) is 0 Å². The van der Waals surface area contributed by atoms with Gasteiger partial charge < -0.3 is 51.2 Å². The maximum absolute atomic E-state index is 13.0. The van der Waals surface area contributed by atoms with E-state index in [9.17, 15) is 29.4 Å². The van der Waals surface area contributed by atoms with E-state index in [-0.39, 0.29) is 72.9 Å². The summed E-state index contributed by atoms with van der Waals surface area (Å²) in [5.41, 5.74) is 12.5. The third-order valence-corrected chi connectivity index (χ3v) is 26.0. The molecule has 4 saturated carbocycles. The average Bonchev–Trinajstić information content (AvgIpc) is 1.66. The van der Waals surface area contributed by atoms with Gasteiger partial charge in [0.05, 0.1) is 119 Å². The molecule has 4 amide bonds. The number of aromatic amines is 4. The number of aliphatic hydroxyl groups is 2. The van der Waals surface area contributed by atoms with E-state index in [1.807, 2.05) is 130 Å². The van der Waals surface area contributed by atoms with Crippen molar-refractivity contribution >= 4 is 105 Å². The molecule has 134 heavy (non-hydrogen) atoms. The molecule has 0 saturated heterocycles. The van der Waals surface area contributed by atoms with Crippen molar-refractivity contribution in [1.29, 1.82) is 0 Å². The number of aliphatic hydroxyl groups excluding tert-OH is 2. The normalized spacial score (nSPS) is 17.9. The zero-order valence-electron chi connectivity index (χ0n) is 72.6. The van der Waals surface area contributed by atoms with Gasteiger partial charge in [0.15, 0.2) is 0 Å². The molecule has 0 radical (unpaired) electrons. The van der Waals surface area contributed by atoms with Gasteiger partial charge in [-0.1, -0.05) is 24.3 Å². The maximum Gasteiger partial charge on any atom is 0.290 e. The molecule has 0 unspecified atom stereocenters. The van der Waals surface area contributed by atoms with Crippen LogP contribution in [0, 0.1) is 0 Å². The third-order valence-electron chi connectivity index (χ3n) is 22.4. The molecule has 20 rings (SSSR count). The van der Waals surface area contributed by atoms with Gasteiger partial charge in [0.2, 0.25) is 0 Å². The van der Waals surface area contributed by atoms with Crippen molar-refractivity contribution in [2.75, 3.05) is 34.5 Å². The number of carbonyl (C=O) groups excluding carboxylic acids is 4. The van der Waals surface area contributed by atoms with Gasteiger partial charge in [0.25, 0.3) is 36.6 Å². The van der Waals surface area contributed by atoms with Crippen LogP contribution >= 0.6 is 45.3 Å². The first-order chi connectivity index (χ1) is 65.6. The van der Waals surface area contributed by atoms with Crippen LogP contribution in [0.4, 0.5) is 22.7 Å². The first-order valence-electron chi connectivity index (χ1n) is 43.4. The smallest absolute Gasteiger partial charge is 0.290 e. The molecule has 0 bridgehead atoms. The minimum atomic E-state index is -0.304. The van der Waals surface area contributed by atoms with Gasteiger partial charge in [0, 0.05) is 131 Å². The first kappa shape index (κ1) is 94.1. The lowest BCUT2D eigenvalue weighted by atomic mass is 9.93. The van der Waals surface area contributed by atoms with E-state index in [1.54, 1.807) is 95.9 Å². The number of hydrogen-bond donors (Lipinski definition) is 12. The van der Waals surface area contributed by atoms with Crippen molar-refractivity contribution in [3.05, 3.63) is 216 Å². The second kappa shape index (κ2) is 46.5. The van der Waals surface area contributed by atoms with Crippen LogP contribution in [0.25, 0.3) is 87.8 Å². The van der Waals surface area contributed by atoms with Crippen molar-refractivity contribution < 1.29 is 58.7 Å². The quantitative estimate of drug-likeness (QED) is 0.0250. The first-order valence-corrected chi connectivity index (χ1v) is 46.9. The molecule has 16 heterocycles. The minimum absolute atomic E-state index is 0.184. The Bertz CT molecular complexity index is 5970. The fourth-order valence-electron chi connectivity index (χ4n) is 15.8. The molecular formula is C90H96N28O12S4. The number of carboxylic acid groups (broad SMARTS) is 2. The van der Waals surface area contributed by atoms with Crippen LogP contribution in [-0.2, 0) is 19.1 Å². The van der Waals surface area contributed by atoms with Gasteiger partial charge in [-0.05, 0) is 165 Å². The second-order valence-corrected chi connectivity index (χ2v) is 34.6. The van der Waals surface area contributed by atoms with E-state index in [0.717, 1.165) is 158 Å². The van der Waals surface area contributed by atoms with Crippen molar-refractivity contribution in [3.8, 4) is 87.8 Å². The zero-order chi connectivity index (χ0) is 93.1. The number of aromatic nitrogens is 24. The van der Waals surface area contributed by atoms with Gasteiger partial charge in [-0.3, -0.25) is 87.8 Å². The standard InChI is InChI=1S/2C23H25N7O2S.2C21H21N7O2S.2CH2O2/c2*1-2-32-17-8-6-16(7-9-17)30-13-19(21(29-30)18-5-3-4-10-24-18)27-22(31)20-14-33-23(28-20)15-11-25-26-12-15;2*29-15-6-4-14(5-7-15)28-11-17(19(27-28)16-3-1-2-8-22-16)25-20(30)18-12-31-21(26-18)13-9-23-24-10-13;2*2-1-3/h2*3-5,10-14,16-17H,2,6-9H2,1H3,(H,25,26)(H,27,31);2*1-3,8-12,14-15,29H,4-7H2,(H,23,24)(H,25,30);2*1H,(H,2,3). The summed E-state index contributed by atoms with van der Waals surface area (Å²) in [6, 6.07) is 23.4. The number of nitrogens with zero attached hydrogens (tertiary/aromatic N) is 20. The predicted octanol–water partition coefficient (Wildman–Crippen LogP) is 15.6. The van der Waals surface area contributed by atoms with Gasteiger partial charge in [-0.25, -0.2) is 19.9 Å². The van der Waals surface area contributed by atoms with Crippen LogP contribution in [0.15, 0.2) is 193 Å². The Labute approximate surface area is 782 Å². The number of nitrogens with one attached hydrogen (secondary N) is 8. The van der Waals surface area contributed by atoms with E-state index in [4.69, 9.17) is 49.7 Å². The highest BCUT2D eigenvalue weighted by Gasteiger charge is 2.32. The molecule has 0 atom stereocenters. The Hall–Kier alpha value is -14.5.